The number of fused-ring (bicyclic) bond motifs is 1. The Morgan fingerprint density at radius 2 is 2.12 bits per heavy atom. The number of amides is 1. The number of rotatable bonds is 5. The molecule has 132 valence electrons. The minimum absolute atomic E-state index is 0.0268. The van der Waals surface area contributed by atoms with Gasteiger partial charge in [-0.2, -0.15) is 0 Å². The van der Waals surface area contributed by atoms with Gasteiger partial charge in [-0.3, -0.25) is 4.79 Å². The van der Waals surface area contributed by atoms with E-state index < -0.39 is 0 Å². The lowest BCUT2D eigenvalue weighted by Gasteiger charge is -2.20. The van der Waals surface area contributed by atoms with E-state index in [1.54, 1.807) is 13.2 Å². The molecule has 0 saturated carbocycles. The van der Waals surface area contributed by atoms with Crippen LogP contribution in [0.2, 0.25) is 0 Å². The Morgan fingerprint density at radius 3 is 2.92 bits per heavy atom. The minimum Gasteiger partial charge on any atom is -0.496 e. The van der Waals surface area contributed by atoms with Crippen molar-refractivity contribution in [3.8, 4) is 5.75 Å². The highest BCUT2D eigenvalue weighted by atomic mass is 19.1. The number of hydrogen-bond acceptors (Lipinski definition) is 3. The highest BCUT2D eigenvalue weighted by molar-refractivity contribution is 5.91. The molecule has 1 aliphatic heterocycles. The van der Waals surface area contributed by atoms with Gasteiger partial charge in [0.15, 0.2) is 0 Å². The van der Waals surface area contributed by atoms with Crippen LogP contribution in [0.3, 0.4) is 0 Å². The van der Waals surface area contributed by atoms with Gasteiger partial charge in [0.25, 0.3) is 0 Å². The van der Waals surface area contributed by atoms with Crippen molar-refractivity contribution in [2.45, 2.75) is 32.2 Å². The molecule has 4 nitrogen and oxygen atoms in total. The molecule has 0 spiro atoms. The summed E-state index contributed by atoms with van der Waals surface area (Å²) >= 11 is 0. The summed E-state index contributed by atoms with van der Waals surface area (Å²) < 4.78 is 20.0. The molecule has 2 N–H and O–H groups in total. The molecule has 0 bridgehead atoms. The zero-order chi connectivity index (χ0) is 17.8. The van der Waals surface area contributed by atoms with Gasteiger partial charge >= 0.3 is 0 Å². The third-order valence-corrected chi connectivity index (χ3v) is 4.64. The summed E-state index contributed by atoms with van der Waals surface area (Å²) in [5, 5.41) is 5.94. The van der Waals surface area contributed by atoms with Gasteiger partial charge in [0.2, 0.25) is 5.91 Å². The molecular weight excluding hydrogens is 319 g/mol. The summed E-state index contributed by atoms with van der Waals surface area (Å²) in [4.78, 5) is 12.4. The molecule has 0 saturated heterocycles. The fourth-order valence-corrected chi connectivity index (χ4v) is 3.29. The first-order valence-corrected chi connectivity index (χ1v) is 8.54. The number of methoxy groups -OCH3 is 1. The summed E-state index contributed by atoms with van der Waals surface area (Å²) in [6.07, 6.45) is 0.904. The standard InChI is InChI=1S/C20H23FN2O2/c1-13(15-5-3-4-6-18(15)25-2)11-19(24)23-17-8-7-14-12-22-10-9-16(14)20(17)21/h3-8,13,22H,9-12H2,1-2H3,(H,23,24). The van der Waals surface area contributed by atoms with Crippen molar-refractivity contribution in [1.82, 2.24) is 5.32 Å². The van der Waals surface area contributed by atoms with E-state index in [0.717, 1.165) is 23.4 Å². The van der Waals surface area contributed by atoms with E-state index in [-0.39, 0.29) is 29.8 Å². The first-order valence-electron chi connectivity index (χ1n) is 8.54. The van der Waals surface area contributed by atoms with Crippen LogP contribution in [0.15, 0.2) is 36.4 Å². The second-order valence-electron chi connectivity index (χ2n) is 6.39. The average molecular weight is 342 g/mol. The molecule has 0 aliphatic carbocycles. The van der Waals surface area contributed by atoms with E-state index in [4.69, 9.17) is 4.74 Å². The van der Waals surface area contributed by atoms with E-state index in [1.165, 1.54) is 0 Å². The number of nitrogens with one attached hydrogen (secondary N) is 2. The van der Waals surface area contributed by atoms with Crippen molar-refractivity contribution in [1.29, 1.82) is 0 Å². The molecule has 2 aromatic rings. The Morgan fingerprint density at radius 1 is 1.32 bits per heavy atom. The molecule has 5 heteroatoms. The van der Waals surface area contributed by atoms with Crippen LogP contribution in [-0.2, 0) is 17.8 Å². The Labute approximate surface area is 147 Å². The highest BCUT2D eigenvalue weighted by Gasteiger charge is 2.19. The number of carbonyl (C=O) groups excluding carboxylic acids is 1. The first-order chi connectivity index (χ1) is 12.1. The van der Waals surface area contributed by atoms with E-state index in [0.29, 0.717) is 18.5 Å². The number of halogens is 1. The monoisotopic (exact) mass is 342 g/mol. The normalized spacial score (nSPS) is 14.5. The Kier molecular flexibility index (Phi) is 5.34. The lowest BCUT2D eigenvalue weighted by atomic mass is 9.96. The van der Waals surface area contributed by atoms with E-state index >= 15 is 0 Å². The molecule has 1 aliphatic rings. The van der Waals surface area contributed by atoms with E-state index in [1.807, 2.05) is 37.3 Å². The maximum Gasteiger partial charge on any atom is 0.225 e. The van der Waals surface area contributed by atoms with Crippen LogP contribution >= 0.6 is 0 Å². The summed E-state index contributed by atoms with van der Waals surface area (Å²) in [6.45, 7) is 3.39. The van der Waals surface area contributed by atoms with Gasteiger partial charge in [-0.15, -0.1) is 0 Å². The van der Waals surface area contributed by atoms with Crippen molar-refractivity contribution < 1.29 is 13.9 Å². The third kappa shape index (κ3) is 3.82. The molecule has 1 heterocycles. The summed E-state index contributed by atoms with van der Waals surface area (Å²) in [6, 6.07) is 11.2. The predicted octanol–water partition coefficient (Wildman–Crippen LogP) is 3.61. The number of benzene rings is 2. The molecule has 0 aromatic heterocycles. The lowest BCUT2D eigenvalue weighted by Crippen LogP contribution is -2.25. The number of carbonyl (C=O) groups is 1. The molecule has 1 amide bonds. The van der Waals surface area contributed by atoms with Gasteiger partial charge < -0.3 is 15.4 Å². The molecule has 0 radical (unpaired) electrons. The van der Waals surface area contributed by atoms with Gasteiger partial charge in [0.05, 0.1) is 12.8 Å². The number of ether oxygens (including phenoxy) is 1. The van der Waals surface area contributed by atoms with Crippen LogP contribution in [0.5, 0.6) is 5.75 Å². The molecule has 1 unspecified atom stereocenters. The van der Waals surface area contributed by atoms with Crippen LogP contribution in [0.1, 0.15) is 36.0 Å². The van der Waals surface area contributed by atoms with Crippen molar-refractivity contribution in [3.05, 3.63) is 58.9 Å². The predicted molar refractivity (Wildman–Crippen MR) is 96.5 cm³/mol. The van der Waals surface area contributed by atoms with Gasteiger partial charge in [-0.25, -0.2) is 4.39 Å². The maximum absolute atomic E-state index is 14.6. The largest absolute Gasteiger partial charge is 0.496 e. The third-order valence-electron chi connectivity index (χ3n) is 4.64. The topological polar surface area (TPSA) is 50.4 Å². The van der Waals surface area contributed by atoms with Crippen LogP contribution in [0.25, 0.3) is 0 Å². The lowest BCUT2D eigenvalue weighted by molar-refractivity contribution is -0.116. The van der Waals surface area contributed by atoms with Gasteiger partial charge in [0.1, 0.15) is 11.6 Å². The SMILES string of the molecule is COc1ccccc1C(C)CC(=O)Nc1ccc2c(c1F)CCNC2. The second-order valence-corrected chi connectivity index (χ2v) is 6.39. The summed E-state index contributed by atoms with van der Waals surface area (Å²) in [5.74, 6) is 0.222. The van der Waals surface area contributed by atoms with Crippen LogP contribution in [-0.4, -0.2) is 19.6 Å². The number of anilines is 1. The number of hydrogen-bond donors (Lipinski definition) is 2. The van der Waals surface area contributed by atoms with Crippen LogP contribution in [0.4, 0.5) is 10.1 Å². The smallest absolute Gasteiger partial charge is 0.225 e. The van der Waals surface area contributed by atoms with Crippen LogP contribution in [0, 0.1) is 5.82 Å². The fourth-order valence-electron chi connectivity index (χ4n) is 3.29. The minimum atomic E-state index is -0.308. The Bertz CT molecular complexity index is 776. The fraction of sp³-hybridized carbons (Fsp3) is 0.350. The summed E-state index contributed by atoms with van der Waals surface area (Å²) in [7, 11) is 1.61. The van der Waals surface area contributed by atoms with Gasteiger partial charge in [-0.1, -0.05) is 31.2 Å². The maximum atomic E-state index is 14.6. The summed E-state index contributed by atoms with van der Waals surface area (Å²) in [5.41, 5.74) is 2.90. The number of para-hydroxylation sites is 1. The van der Waals surface area contributed by atoms with Crippen LogP contribution < -0.4 is 15.4 Å². The molecule has 0 fully saturated rings. The van der Waals surface area contributed by atoms with E-state index in [9.17, 15) is 9.18 Å². The van der Waals surface area contributed by atoms with Gasteiger partial charge in [-0.05, 0) is 47.7 Å². The van der Waals surface area contributed by atoms with Crippen molar-refractivity contribution in [2.24, 2.45) is 0 Å². The van der Waals surface area contributed by atoms with Crippen molar-refractivity contribution in [3.63, 3.8) is 0 Å². The van der Waals surface area contributed by atoms with E-state index in [2.05, 4.69) is 10.6 Å². The zero-order valence-corrected chi connectivity index (χ0v) is 14.6. The average Bonchev–Trinajstić information content (AvgIpc) is 2.64. The molecule has 1 atom stereocenters. The zero-order valence-electron chi connectivity index (χ0n) is 14.6. The molecule has 3 rings (SSSR count). The quantitative estimate of drug-likeness (QED) is 0.873. The molecule has 25 heavy (non-hydrogen) atoms. The molecular formula is C20H23FN2O2. The first kappa shape index (κ1) is 17.4. The highest BCUT2D eigenvalue weighted by Crippen LogP contribution is 2.29. The second kappa shape index (κ2) is 7.66. The Balaban J connectivity index is 1.70. The van der Waals surface area contributed by atoms with Gasteiger partial charge in [0, 0.05) is 13.0 Å². The molecule has 2 aromatic carbocycles. The Hall–Kier alpha value is -2.40. The van der Waals surface area contributed by atoms with Crippen molar-refractivity contribution in [2.75, 3.05) is 19.0 Å². The van der Waals surface area contributed by atoms with Crippen molar-refractivity contribution >= 4 is 11.6 Å².